The van der Waals surface area contributed by atoms with Crippen LogP contribution in [-0.2, 0) is 29.1 Å². The molecule has 4 amide bonds. The molecule has 3 aliphatic rings. The third-order valence-electron chi connectivity index (χ3n) is 8.65. The molecule has 6 rings (SSSR count). The van der Waals surface area contributed by atoms with Crippen molar-refractivity contribution in [1.29, 1.82) is 0 Å². The van der Waals surface area contributed by atoms with Gasteiger partial charge < -0.3 is 20.0 Å². The molecule has 0 radical (unpaired) electrons. The summed E-state index contributed by atoms with van der Waals surface area (Å²) in [6.45, 7) is 8.63. The van der Waals surface area contributed by atoms with E-state index in [0.717, 1.165) is 27.6 Å². The van der Waals surface area contributed by atoms with E-state index in [1.54, 1.807) is 17.2 Å². The first-order valence-electron chi connectivity index (χ1n) is 14.5. The summed E-state index contributed by atoms with van der Waals surface area (Å²) in [5.41, 5.74) is 3.63. The third kappa shape index (κ3) is 5.44. The maximum absolute atomic E-state index is 14.1. The van der Waals surface area contributed by atoms with Crippen LogP contribution < -0.4 is 5.32 Å². The Labute approximate surface area is 249 Å². The van der Waals surface area contributed by atoms with E-state index in [-0.39, 0.29) is 41.4 Å². The second-order valence-corrected chi connectivity index (χ2v) is 13.4. The standard InChI is InChI=1S/C31H36ClFN6O3/c1-31(2,3)17-38-16-23-19(12-24(32)28-22(23)14-34-36-28)11-20(29(38)41)13-26(40)37-9-7-21(8-10-37)39-15-18-5-4-6-25(33)27(18)35-30(39)42/h4-6,12,14,20-21H,7-11,13,15-17H2,1-3H3,(H,34,36)(H,35,42)/t20-/m0/s1. The molecule has 11 heteroatoms. The quantitative estimate of drug-likeness (QED) is 0.426. The molecule has 0 unspecified atom stereocenters. The number of nitrogens with zero attached hydrogens (tertiary/aromatic N) is 4. The molecule has 222 valence electrons. The van der Waals surface area contributed by atoms with Gasteiger partial charge in [0.05, 0.1) is 28.3 Å². The Morgan fingerprint density at radius 1 is 1.14 bits per heavy atom. The van der Waals surface area contributed by atoms with Gasteiger partial charge in [-0.15, -0.1) is 0 Å². The van der Waals surface area contributed by atoms with Crippen LogP contribution in [0.1, 0.15) is 56.7 Å². The predicted molar refractivity (Wildman–Crippen MR) is 158 cm³/mol. The number of carbonyl (C=O) groups excluding carboxylic acids is 3. The largest absolute Gasteiger partial charge is 0.343 e. The lowest BCUT2D eigenvalue weighted by atomic mass is 9.91. The van der Waals surface area contributed by atoms with Crippen LogP contribution in [0.3, 0.4) is 0 Å². The number of halogens is 2. The van der Waals surface area contributed by atoms with E-state index in [1.165, 1.54) is 6.07 Å². The molecule has 42 heavy (non-hydrogen) atoms. The van der Waals surface area contributed by atoms with E-state index in [9.17, 15) is 18.8 Å². The van der Waals surface area contributed by atoms with Crippen LogP contribution in [0.25, 0.3) is 10.9 Å². The molecule has 0 bridgehead atoms. The number of nitrogens with one attached hydrogen (secondary N) is 2. The van der Waals surface area contributed by atoms with Gasteiger partial charge in [0, 0.05) is 50.6 Å². The molecule has 1 fully saturated rings. The smallest absolute Gasteiger partial charge is 0.322 e. The molecule has 0 saturated carbocycles. The summed E-state index contributed by atoms with van der Waals surface area (Å²) in [6.07, 6.45) is 3.54. The number of urea groups is 1. The van der Waals surface area contributed by atoms with Gasteiger partial charge >= 0.3 is 6.03 Å². The first kappa shape index (κ1) is 28.5. The second kappa shape index (κ2) is 10.9. The molecule has 9 nitrogen and oxygen atoms in total. The highest BCUT2D eigenvalue weighted by Crippen LogP contribution is 2.36. The van der Waals surface area contributed by atoms with Crippen LogP contribution in [0.4, 0.5) is 14.9 Å². The van der Waals surface area contributed by atoms with Gasteiger partial charge in [-0.25, -0.2) is 9.18 Å². The predicted octanol–water partition coefficient (Wildman–Crippen LogP) is 5.33. The maximum atomic E-state index is 14.1. The summed E-state index contributed by atoms with van der Waals surface area (Å²) in [6, 6.07) is 6.34. The fourth-order valence-electron chi connectivity index (χ4n) is 6.63. The second-order valence-electron chi connectivity index (χ2n) is 13.0. The number of carbonyl (C=O) groups is 3. The topological polar surface area (TPSA) is 102 Å². The zero-order valence-electron chi connectivity index (χ0n) is 24.2. The van der Waals surface area contributed by atoms with Crippen molar-refractivity contribution < 1.29 is 18.8 Å². The third-order valence-corrected chi connectivity index (χ3v) is 8.94. The number of hydrogen-bond donors (Lipinski definition) is 2. The summed E-state index contributed by atoms with van der Waals surface area (Å²) in [4.78, 5) is 45.7. The van der Waals surface area contributed by atoms with E-state index in [4.69, 9.17) is 11.6 Å². The van der Waals surface area contributed by atoms with Gasteiger partial charge in [0.2, 0.25) is 11.8 Å². The number of para-hydroxylation sites is 1. The molecule has 3 aromatic rings. The number of fused-ring (bicyclic) bond motifs is 4. The minimum absolute atomic E-state index is 0.0204. The van der Waals surface area contributed by atoms with Crippen molar-refractivity contribution in [2.75, 3.05) is 25.0 Å². The molecule has 2 aromatic carbocycles. The first-order valence-corrected chi connectivity index (χ1v) is 14.9. The Morgan fingerprint density at radius 2 is 1.90 bits per heavy atom. The molecule has 4 heterocycles. The number of hydrogen-bond acceptors (Lipinski definition) is 4. The Bertz CT molecular complexity index is 1560. The van der Waals surface area contributed by atoms with Crippen molar-refractivity contribution in [3.8, 4) is 0 Å². The maximum Gasteiger partial charge on any atom is 0.322 e. The summed E-state index contributed by atoms with van der Waals surface area (Å²) in [7, 11) is 0. The van der Waals surface area contributed by atoms with Gasteiger partial charge in [-0.2, -0.15) is 5.10 Å². The van der Waals surface area contributed by atoms with E-state index < -0.39 is 11.7 Å². The number of H-pyrrole nitrogens is 1. The Morgan fingerprint density at radius 3 is 2.64 bits per heavy atom. The van der Waals surface area contributed by atoms with E-state index in [2.05, 4.69) is 36.3 Å². The molecular weight excluding hydrogens is 559 g/mol. The Hall–Kier alpha value is -3.66. The van der Waals surface area contributed by atoms with Gasteiger partial charge in [-0.05, 0) is 53.5 Å². The van der Waals surface area contributed by atoms with Gasteiger partial charge in [0.25, 0.3) is 0 Å². The molecular formula is C31H36ClFN6O3. The van der Waals surface area contributed by atoms with Gasteiger partial charge in [-0.3, -0.25) is 14.7 Å². The molecule has 1 atom stereocenters. The van der Waals surface area contributed by atoms with Crippen LogP contribution in [0.5, 0.6) is 0 Å². The number of anilines is 1. The Balaban J connectivity index is 1.16. The number of benzene rings is 2. The monoisotopic (exact) mass is 594 g/mol. The number of aromatic nitrogens is 2. The number of amides is 4. The number of aromatic amines is 1. The number of rotatable bonds is 4. The lowest BCUT2D eigenvalue weighted by molar-refractivity contribution is -0.142. The van der Waals surface area contributed by atoms with E-state index >= 15 is 0 Å². The minimum Gasteiger partial charge on any atom is -0.343 e. The molecule has 3 aliphatic heterocycles. The van der Waals surface area contributed by atoms with E-state index in [0.29, 0.717) is 57.0 Å². The van der Waals surface area contributed by atoms with Crippen molar-refractivity contribution in [1.82, 2.24) is 24.9 Å². The SMILES string of the molecule is CC(C)(C)CN1Cc2c(cc(Cl)c3[nH]ncc23)C[C@@H](CC(=O)N2CCC(N3Cc4cccc(F)c4NC3=O)CC2)C1=O. The highest BCUT2D eigenvalue weighted by molar-refractivity contribution is 6.35. The average Bonchev–Trinajstić information content (AvgIpc) is 3.40. The molecule has 2 N–H and O–H groups in total. The van der Waals surface area contributed by atoms with Crippen LogP contribution in [0, 0.1) is 17.2 Å². The summed E-state index contributed by atoms with van der Waals surface area (Å²) >= 11 is 6.57. The normalized spacial score (nSPS) is 19.9. The van der Waals surface area contributed by atoms with Crippen LogP contribution in [0.2, 0.25) is 5.02 Å². The van der Waals surface area contributed by atoms with Gasteiger partial charge in [0.1, 0.15) is 5.82 Å². The van der Waals surface area contributed by atoms with Crippen LogP contribution in [0.15, 0.2) is 30.5 Å². The highest BCUT2D eigenvalue weighted by atomic mass is 35.5. The lowest BCUT2D eigenvalue weighted by Gasteiger charge is -2.41. The van der Waals surface area contributed by atoms with Gasteiger partial charge in [-0.1, -0.05) is 44.5 Å². The molecule has 1 saturated heterocycles. The lowest BCUT2D eigenvalue weighted by Crippen LogP contribution is -2.51. The summed E-state index contributed by atoms with van der Waals surface area (Å²) < 4.78 is 14.1. The van der Waals surface area contributed by atoms with Crippen molar-refractivity contribution >= 4 is 46.0 Å². The van der Waals surface area contributed by atoms with Crippen LogP contribution in [-0.4, -0.2) is 68.4 Å². The molecule has 0 spiro atoms. The van der Waals surface area contributed by atoms with Crippen LogP contribution >= 0.6 is 11.6 Å². The average molecular weight is 595 g/mol. The zero-order chi connectivity index (χ0) is 29.8. The van der Waals surface area contributed by atoms with Crippen molar-refractivity contribution in [2.45, 2.75) is 65.6 Å². The van der Waals surface area contributed by atoms with E-state index in [1.807, 2.05) is 21.9 Å². The van der Waals surface area contributed by atoms with Crippen molar-refractivity contribution in [3.63, 3.8) is 0 Å². The fraction of sp³-hybridized carbons (Fsp3) is 0.484. The minimum atomic E-state index is -0.501. The van der Waals surface area contributed by atoms with Crippen molar-refractivity contribution in [3.05, 3.63) is 58.0 Å². The zero-order valence-corrected chi connectivity index (χ0v) is 24.9. The number of likely N-dealkylation sites (tertiary alicyclic amines) is 1. The first-order chi connectivity index (χ1) is 20.0. The Kier molecular flexibility index (Phi) is 7.37. The van der Waals surface area contributed by atoms with Gasteiger partial charge in [0.15, 0.2) is 0 Å². The fourth-order valence-corrected chi connectivity index (χ4v) is 6.91. The summed E-state index contributed by atoms with van der Waals surface area (Å²) in [5, 5.41) is 11.3. The van der Waals surface area contributed by atoms with Crippen molar-refractivity contribution in [2.24, 2.45) is 11.3 Å². The highest BCUT2D eigenvalue weighted by Gasteiger charge is 2.37. The molecule has 1 aromatic heterocycles. The molecule has 0 aliphatic carbocycles. The number of piperidine rings is 1. The summed E-state index contributed by atoms with van der Waals surface area (Å²) in [5.74, 6) is -1.02.